The summed E-state index contributed by atoms with van der Waals surface area (Å²) < 4.78 is 24.2. The SMILES string of the molecule is CCOc1ccc(C2=NNC(c3ccc(F)cc3)=Nc3ccc(OC)cc32)cc1. The quantitative estimate of drug-likeness (QED) is 0.690. The van der Waals surface area contributed by atoms with Crippen LogP contribution in [0.25, 0.3) is 0 Å². The van der Waals surface area contributed by atoms with Crippen LogP contribution in [-0.4, -0.2) is 25.3 Å². The number of methoxy groups -OCH3 is 1. The molecule has 3 aromatic rings. The van der Waals surface area contributed by atoms with Crippen LogP contribution >= 0.6 is 0 Å². The topological polar surface area (TPSA) is 55.2 Å². The summed E-state index contributed by atoms with van der Waals surface area (Å²) in [5, 5.41) is 4.61. The average Bonchev–Trinajstić information content (AvgIpc) is 2.94. The molecule has 1 aliphatic rings. The van der Waals surface area contributed by atoms with E-state index in [2.05, 4.69) is 10.5 Å². The fraction of sp³-hybridized carbons (Fsp3) is 0.130. The second-order valence-electron chi connectivity index (χ2n) is 6.38. The van der Waals surface area contributed by atoms with Gasteiger partial charge in [0.15, 0.2) is 5.84 Å². The fourth-order valence-electron chi connectivity index (χ4n) is 3.08. The minimum atomic E-state index is -0.299. The highest BCUT2D eigenvalue weighted by atomic mass is 19.1. The zero-order valence-corrected chi connectivity index (χ0v) is 16.1. The number of hydrogen-bond donors (Lipinski definition) is 1. The fourth-order valence-corrected chi connectivity index (χ4v) is 3.08. The highest BCUT2D eigenvalue weighted by molar-refractivity contribution is 6.18. The van der Waals surface area contributed by atoms with E-state index in [4.69, 9.17) is 14.5 Å². The molecular formula is C23H20FN3O2. The Kier molecular flexibility index (Phi) is 5.24. The van der Waals surface area contributed by atoms with Crippen LogP contribution in [0.5, 0.6) is 11.5 Å². The highest BCUT2D eigenvalue weighted by Crippen LogP contribution is 2.30. The third kappa shape index (κ3) is 3.96. The molecule has 0 saturated carbocycles. The normalized spacial score (nSPS) is 12.8. The Morgan fingerprint density at radius 2 is 1.59 bits per heavy atom. The molecule has 0 unspecified atom stereocenters. The summed E-state index contributed by atoms with van der Waals surface area (Å²) >= 11 is 0. The number of ether oxygens (including phenoxy) is 2. The largest absolute Gasteiger partial charge is 0.497 e. The Morgan fingerprint density at radius 3 is 2.28 bits per heavy atom. The zero-order valence-electron chi connectivity index (χ0n) is 16.1. The van der Waals surface area contributed by atoms with Crippen molar-refractivity contribution in [2.24, 2.45) is 10.1 Å². The van der Waals surface area contributed by atoms with Gasteiger partial charge in [0.05, 0.1) is 19.4 Å². The number of hydrogen-bond acceptors (Lipinski definition) is 5. The van der Waals surface area contributed by atoms with E-state index in [0.29, 0.717) is 18.2 Å². The molecule has 0 aromatic heterocycles. The van der Waals surface area contributed by atoms with Crippen LogP contribution in [-0.2, 0) is 0 Å². The van der Waals surface area contributed by atoms with E-state index in [0.717, 1.165) is 33.8 Å². The van der Waals surface area contributed by atoms with Gasteiger partial charge in [-0.2, -0.15) is 5.10 Å². The van der Waals surface area contributed by atoms with Gasteiger partial charge in [-0.05, 0) is 73.7 Å². The van der Waals surface area contributed by atoms with E-state index in [9.17, 15) is 4.39 Å². The molecule has 29 heavy (non-hydrogen) atoms. The van der Waals surface area contributed by atoms with Crippen molar-refractivity contribution in [2.45, 2.75) is 6.92 Å². The minimum Gasteiger partial charge on any atom is -0.497 e. The van der Waals surface area contributed by atoms with Crippen molar-refractivity contribution in [3.63, 3.8) is 0 Å². The van der Waals surface area contributed by atoms with Gasteiger partial charge in [-0.3, -0.25) is 5.43 Å². The first kappa shape index (κ1) is 18.7. The summed E-state index contributed by atoms with van der Waals surface area (Å²) in [7, 11) is 1.62. The van der Waals surface area contributed by atoms with E-state index < -0.39 is 0 Å². The van der Waals surface area contributed by atoms with Gasteiger partial charge in [-0.25, -0.2) is 9.38 Å². The summed E-state index contributed by atoms with van der Waals surface area (Å²) in [5.74, 6) is 1.75. The maximum Gasteiger partial charge on any atom is 0.154 e. The van der Waals surface area contributed by atoms with Crippen molar-refractivity contribution >= 4 is 17.2 Å². The number of amidine groups is 1. The van der Waals surface area contributed by atoms with Gasteiger partial charge < -0.3 is 9.47 Å². The van der Waals surface area contributed by atoms with E-state index in [-0.39, 0.29) is 5.82 Å². The summed E-state index contributed by atoms with van der Waals surface area (Å²) in [4.78, 5) is 4.73. The number of nitrogens with zero attached hydrogens (tertiary/aromatic N) is 2. The minimum absolute atomic E-state index is 0.299. The van der Waals surface area contributed by atoms with Gasteiger partial charge in [0, 0.05) is 16.7 Å². The van der Waals surface area contributed by atoms with Gasteiger partial charge in [0.2, 0.25) is 0 Å². The second kappa shape index (κ2) is 8.14. The summed E-state index contributed by atoms with van der Waals surface area (Å²) in [5.41, 5.74) is 6.98. The Hall–Kier alpha value is -3.67. The number of halogens is 1. The summed E-state index contributed by atoms with van der Waals surface area (Å²) in [6.07, 6.45) is 0. The first-order chi connectivity index (χ1) is 14.2. The van der Waals surface area contributed by atoms with Gasteiger partial charge in [-0.15, -0.1) is 0 Å². The van der Waals surface area contributed by atoms with E-state index in [1.165, 1.54) is 12.1 Å². The van der Waals surface area contributed by atoms with Crippen LogP contribution in [0.3, 0.4) is 0 Å². The van der Waals surface area contributed by atoms with Crippen LogP contribution in [0.2, 0.25) is 0 Å². The smallest absolute Gasteiger partial charge is 0.154 e. The molecule has 6 heteroatoms. The maximum atomic E-state index is 13.3. The predicted molar refractivity (Wildman–Crippen MR) is 112 cm³/mol. The predicted octanol–water partition coefficient (Wildman–Crippen LogP) is 4.67. The van der Waals surface area contributed by atoms with Gasteiger partial charge in [0.1, 0.15) is 23.0 Å². The molecule has 3 aromatic carbocycles. The van der Waals surface area contributed by atoms with Crippen LogP contribution in [0, 0.1) is 5.82 Å². The highest BCUT2D eigenvalue weighted by Gasteiger charge is 2.18. The first-order valence-corrected chi connectivity index (χ1v) is 9.28. The number of hydrazone groups is 1. The lowest BCUT2D eigenvalue weighted by Crippen LogP contribution is -2.19. The molecule has 146 valence electrons. The third-order valence-electron chi connectivity index (χ3n) is 4.52. The molecule has 0 bridgehead atoms. The number of nitrogens with one attached hydrogen (secondary N) is 1. The summed E-state index contributed by atoms with van der Waals surface area (Å²) in [6, 6.07) is 19.5. The van der Waals surface area contributed by atoms with Crippen molar-refractivity contribution in [1.29, 1.82) is 0 Å². The lowest BCUT2D eigenvalue weighted by molar-refractivity contribution is 0.340. The third-order valence-corrected chi connectivity index (χ3v) is 4.52. The Balaban J connectivity index is 1.80. The number of aliphatic imine (C=N–C) groups is 1. The molecule has 0 saturated heterocycles. The molecule has 5 nitrogen and oxygen atoms in total. The number of benzene rings is 3. The van der Waals surface area contributed by atoms with Crippen LogP contribution in [0.1, 0.15) is 23.6 Å². The Labute approximate surface area is 168 Å². The molecule has 1 aliphatic heterocycles. The molecule has 0 amide bonds. The molecule has 1 N–H and O–H groups in total. The molecule has 0 fully saturated rings. The number of fused-ring (bicyclic) bond motifs is 1. The van der Waals surface area contributed by atoms with Crippen molar-refractivity contribution in [3.8, 4) is 11.5 Å². The van der Waals surface area contributed by atoms with Crippen molar-refractivity contribution in [1.82, 2.24) is 5.43 Å². The van der Waals surface area contributed by atoms with E-state index >= 15 is 0 Å². The van der Waals surface area contributed by atoms with Crippen LogP contribution in [0.15, 0.2) is 76.8 Å². The number of rotatable bonds is 5. The second-order valence-corrected chi connectivity index (χ2v) is 6.38. The van der Waals surface area contributed by atoms with Crippen LogP contribution < -0.4 is 14.9 Å². The van der Waals surface area contributed by atoms with Crippen LogP contribution in [0.4, 0.5) is 10.1 Å². The monoisotopic (exact) mass is 389 g/mol. The van der Waals surface area contributed by atoms with Gasteiger partial charge in [-0.1, -0.05) is 0 Å². The Morgan fingerprint density at radius 1 is 0.897 bits per heavy atom. The zero-order chi connectivity index (χ0) is 20.2. The molecular weight excluding hydrogens is 369 g/mol. The Bertz CT molecular complexity index is 1070. The molecule has 0 spiro atoms. The molecule has 1 heterocycles. The average molecular weight is 389 g/mol. The van der Waals surface area contributed by atoms with Crippen molar-refractivity contribution in [3.05, 3.63) is 89.2 Å². The summed E-state index contributed by atoms with van der Waals surface area (Å²) in [6.45, 7) is 2.56. The van der Waals surface area contributed by atoms with Crippen molar-refractivity contribution < 1.29 is 13.9 Å². The molecule has 4 rings (SSSR count). The van der Waals surface area contributed by atoms with Gasteiger partial charge >= 0.3 is 0 Å². The van der Waals surface area contributed by atoms with E-state index in [1.807, 2.05) is 49.4 Å². The van der Waals surface area contributed by atoms with Gasteiger partial charge in [0.25, 0.3) is 0 Å². The van der Waals surface area contributed by atoms with Crippen molar-refractivity contribution in [2.75, 3.05) is 13.7 Å². The molecule has 0 atom stereocenters. The lowest BCUT2D eigenvalue weighted by Gasteiger charge is -2.10. The van der Waals surface area contributed by atoms with E-state index in [1.54, 1.807) is 19.2 Å². The molecule has 0 radical (unpaired) electrons. The molecule has 0 aliphatic carbocycles. The lowest BCUT2D eigenvalue weighted by atomic mass is 10.0. The standard InChI is InChI=1S/C23H20FN3O2/c1-3-29-18-10-6-15(7-11-18)22-20-14-19(28-2)12-13-21(20)25-23(27-26-22)16-4-8-17(24)9-5-16/h4-14H,3H2,1-2H3,(H,25,27). The first-order valence-electron chi connectivity index (χ1n) is 9.28. The maximum absolute atomic E-state index is 13.3.